The number of nitrogens with zero attached hydrogens (tertiary/aromatic N) is 2. The Kier molecular flexibility index (Phi) is 6.95. The predicted molar refractivity (Wildman–Crippen MR) is 121 cm³/mol. The number of benzene rings is 3. The Balaban J connectivity index is 1.57. The molecular weight excluding hydrogens is 396 g/mol. The summed E-state index contributed by atoms with van der Waals surface area (Å²) in [5.41, 5.74) is 6.18. The SMILES string of the molecule is C/C(=N/Nc1ccccc1[N+](=O)[O-])c1ccc(OCC(=O)Nc2ccccc2C)cc1. The third kappa shape index (κ3) is 5.89. The second-order valence-electron chi connectivity index (χ2n) is 6.76. The summed E-state index contributed by atoms with van der Waals surface area (Å²) in [6.07, 6.45) is 0. The Labute approximate surface area is 179 Å². The summed E-state index contributed by atoms with van der Waals surface area (Å²) in [6.45, 7) is 3.59. The molecule has 2 N–H and O–H groups in total. The van der Waals surface area contributed by atoms with Gasteiger partial charge in [-0.25, -0.2) is 0 Å². The zero-order valence-corrected chi connectivity index (χ0v) is 17.2. The van der Waals surface area contributed by atoms with Gasteiger partial charge in [0.05, 0.1) is 10.6 Å². The highest BCUT2D eigenvalue weighted by molar-refractivity contribution is 5.99. The Morgan fingerprint density at radius 2 is 1.65 bits per heavy atom. The average Bonchev–Trinajstić information content (AvgIpc) is 2.78. The summed E-state index contributed by atoms with van der Waals surface area (Å²) >= 11 is 0. The number of hydrogen-bond donors (Lipinski definition) is 2. The van der Waals surface area contributed by atoms with Crippen LogP contribution in [0.25, 0.3) is 0 Å². The number of para-hydroxylation sites is 3. The van der Waals surface area contributed by atoms with E-state index in [0.29, 0.717) is 17.1 Å². The maximum absolute atomic E-state index is 12.1. The molecule has 0 heterocycles. The molecule has 3 rings (SSSR count). The molecule has 1 amide bonds. The van der Waals surface area contributed by atoms with E-state index in [-0.39, 0.29) is 18.2 Å². The first-order valence-corrected chi connectivity index (χ1v) is 9.56. The van der Waals surface area contributed by atoms with E-state index in [9.17, 15) is 14.9 Å². The minimum absolute atomic E-state index is 0.0493. The fourth-order valence-corrected chi connectivity index (χ4v) is 2.78. The molecule has 31 heavy (non-hydrogen) atoms. The lowest BCUT2D eigenvalue weighted by atomic mass is 10.1. The molecule has 0 unspecified atom stereocenters. The average molecular weight is 418 g/mol. The quantitative estimate of drug-likeness (QED) is 0.312. The van der Waals surface area contributed by atoms with Gasteiger partial charge in [0.25, 0.3) is 11.6 Å². The molecule has 8 heteroatoms. The van der Waals surface area contributed by atoms with E-state index in [1.54, 1.807) is 49.4 Å². The van der Waals surface area contributed by atoms with Crippen molar-refractivity contribution in [2.75, 3.05) is 17.3 Å². The van der Waals surface area contributed by atoms with Gasteiger partial charge in [0.1, 0.15) is 11.4 Å². The summed E-state index contributed by atoms with van der Waals surface area (Å²) < 4.78 is 5.54. The van der Waals surface area contributed by atoms with Crippen molar-refractivity contribution in [3.05, 3.63) is 94.0 Å². The molecule has 0 spiro atoms. The van der Waals surface area contributed by atoms with Gasteiger partial charge >= 0.3 is 0 Å². The number of carbonyl (C=O) groups excluding carboxylic acids is 1. The van der Waals surface area contributed by atoms with Gasteiger partial charge in [-0.2, -0.15) is 5.10 Å². The van der Waals surface area contributed by atoms with E-state index < -0.39 is 4.92 Å². The number of hydrazone groups is 1. The molecule has 0 atom stereocenters. The van der Waals surface area contributed by atoms with Gasteiger partial charge in [0.15, 0.2) is 6.61 Å². The molecule has 0 aromatic heterocycles. The van der Waals surface area contributed by atoms with Gasteiger partial charge in [-0.05, 0) is 61.4 Å². The molecule has 0 saturated carbocycles. The van der Waals surface area contributed by atoms with Crippen molar-refractivity contribution in [3.8, 4) is 5.75 Å². The Hall–Kier alpha value is -4.20. The van der Waals surface area contributed by atoms with Gasteiger partial charge < -0.3 is 10.1 Å². The van der Waals surface area contributed by atoms with Crippen LogP contribution in [0.1, 0.15) is 18.1 Å². The monoisotopic (exact) mass is 418 g/mol. The number of nitrogens with one attached hydrogen (secondary N) is 2. The second kappa shape index (κ2) is 10.0. The fraction of sp³-hybridized carbons (Fsp3) is 0.130. The number of amides is 1. The molecule has 0 aliphatic heterocycles. The van der Waals surface area contributed by atoms with Gasteiger partial charge in [0, 0.05) is 11.8 Å². The summed E-state index contributed by atoms with van der Waals surface area (Å²) in [4.78, 5) is 22.7. The van der Waals surface area contributed by atoms with E-state index in [1.165, 1.54) is 6.07 Å². The predicted octanol–water partition coefficient (Wildman–Crippen LogP) is 4.76. The van der Waals surface area contributed by atoms with E-state index in [4.69, 9.17) is 4.74 Å². The van der Waals surface area contributed by atoms with Crippen molar-refractivity contribution in [1.82, 2.24) is 0 Å². The van der Waals surface area contributed by atoms with E-state index in [2.05, 4.69) is 15.8 Å². The summed E-state index contributed by atoms with van der Waals surface area (Å²) in [6, 6.07) is 20.9. The highest BCUT2D eigenvalue weighted by atomic mass is 16.6. The second-order valence-corrected chi connectivity index (χ2v) is 6.76. The van der Waals surface area contributed by atoms with Crippen molar-refractivity contribution in [3.63, 3.8) is 0 Å². The summed E-state index contributed by atoms with van der Waals surface area (Å²) in [5, 5.41) is 18.1. The molecule has 3 aromatic rings. The molecule has 3 aromatic carbocycles. The lowest BCUT2D eigenvalue weighted by Crippen LogP contribution is -2.20. The van der Waals surface area contributed by atoms with Crippen LogP contribution >= 0.6 is 0 Å². The summed E-state index contributed by atoms with van der Waals surface area (Å²) in [7, 11) is 0. The standard InChI is InChI=1S/C23H22N4O4/c1-16-7-3-4-8-20(16)24-23(28)15-31-19-13-11-18(12-14-19)17(2)25-26-21-9-5-6-10-22(21)27(29)30/h3-14,26H,15H2,1-2H3,(H,24,28)/b25-17-. The Morgan fingerprint density at radius 3 is 2.32 bits per heavy atom. The first-order chi connectivity index (χ1) is 14.9. The molecule has 8 nitrogen and oxygen atoms in total. The van der Waals surface area contributed by atoms with E-state index >= 15 is 0 Å². The highest BCUT2D eigenvalue weighted by Gasteiger charge is 2.11. The van der Waals surface area contributed by atoms with Crippen molar-refractivity contribution < 1.29 is 14.5 Å². The van der Waals surface area contributed by atoms with Gasteiger partial charge in [-0.15, -0.1) is 0 Å². The molecule has 0 bridgehead atoms. The minimum Gasteiger partial charge on any atom is -0.484 e. The minimum atomic E-state index is -0.464. The zero-order valence-electron chi connectivity index (χ0n) is 17.2. The molecule has 158 valence electrons. The maximum Gasteiger partial charge on any atom is 0.294 e. The third-order valence-electron chi connectivity index (χ3n) is 4.51. The van der Waals surface area contributed by atoms with Crippen LogP contribution in [-0.2, 0) is 4.79 Å². The van der Waals surface area contributed by atoms with Crippen LogP contribution in [0.4, 0.5) is 17.1 Å². The Bertz CT molecular complexity index is 1110. The summed E-state index contributed by atoms with van der Waals surface area (Å²) in [5.74, 6) is 0.299. The molecule has 0 aliphatic rings. The van der Waals surface area contributed by atoms with Crippen molar-refractivity contribution in [2.24, 2.45) is 5.10 Å². The number of carbonyl (C=O) groups is 1. The van der Waals surface area contributed by atoms with Crippen molar-refractivity contribution in [2.45, 2.75) is 13.8 Å². The van der Waals surface area contributed by atoms with Crippen LogP contribution in [0.15, 0.2) is 77.9 Å². The topological polar surface area (TPSA) is 106 Å². The van der Waals surface area contributed by atoms with Gasteiger partial charge in [0.2, 0.25) is 0 Å². The normalized spacial score (nSPS) is 11.0. The number of hydrogen-bond acceptors (Lipinski definition) is 6. The number of nitro benzene ring substituents is 1. The first-order valence-electron chi connectivity index (χ1n) is 9.56. The zero-order chi connectivity index (χ0) is 22.2. The van der Waals surface area contributed by atoms with Crippen molar-refractivity contribution in [1.29, 1.82) is 0 Å². The van der Waals surface area contributed by atoms with Crippen molar-refractivity contribution >= 4 is 28.7 Å². The molecule has 0 radical (unpaired) electrons. The van der Waals surface area contributed by atoms with Gasteiger partial charge in [-0.3, -0.25) is 20.3 Å². The van der Waals surface area contributed by atoms with E-state index in [1.807, 2.05) is 31.2 Å². The number of rotatable bonds is 8. The van der Waals surface area contributed by atoms with Crippen LogP contribution in [-0.4, -0.2) is 23.1 Å². The largest absolute Gasteiger partial charge is 0.484 e. The smallest absolute Gasteiger partial charge is 0.294 e. The first kappa shape index (κ1) is 21.5. The van der Waals surface area contributed by atoms with Crippen LogP contribution in [0, 0.1) is 17.0 Å². The number of ether oxygens (including phenoxy) is 1. The van der Waals surface area contributed by atoms with E-state index in [0.717, 1.165) is 16.8 Å². The maximum atomic E-state index is 12.1. The van der Waals surface area contributed by atoms with Crippen LogP contribution in [0.3, 0.4) is 0 Å². The lowest BCUT2D eigenvalue weighted by molar-refractivity contribution is -0.384. The van der Waals surface area contributed by atoms with Crippen LogP contribution in [0.2, 0.25) is 0 Å². The van der Waals surface area contributed by atoms with Crippen LogP contribution in [0.5, 0.6) is 5.75 Å². The number of aryl methyl sites for hydroxylation is 1. The molecule has 0 saturated heterocycles. The third-order valence-corrected chi connectivity index (χ3v) is 4.51. The lowest BCUT2D eigenvalue weighted by Gasteiger charge is -2.10. The van der Waals surface area contributed by atoms with Gasteiger partial charge in [-0.1, -0.05) is 30.3 Å². The molecule has 0 fully saturated rings. The molecular formula is C23H22N4O4. The highest BCUT2D eigenvalue weighted by Crippen LogP contribution is 2.23. The van der Waals surface area contributed by atoms with Crippen LogP contribution < -0.4 is 15.5 Å². The number of nitro groups is 1. The molecule has 0 aliphatic carbocycles. The Morgan fingerprint density at radius 1 is 1.00 bits per heavy atom. The number of anilines is 2. The fourth-order valence-electron chi connectivity index (χ4n) is 2.78.